The second kappa shape index (κ2) is 4.29. The van der Waals surface area contributed by atoms with Crippen LogP contribution >= 0.6 is 0 Å². The molecule has 2 rings (SSSR count). The third-order valence-electron chi connectivity index (χ3n) is 2.51. The molecule has 0 bridgehead atoms. The first-order valence-corrected chi connectivity index (χ1v) is 5.35. The van der Waals surface area contributed by atoms with E-state index in [2.05, 4.69) is 0 Å². The van der Waals surface area contributed by atoms with Crippen LogP contribution < -0.4 is 0 Å². The number of hydrogen-bond acceptors (Lipinski definition) is 6. The van der Waals surface area contributed by atoms with Crippen molar-refractivity contribution in [2.24, 2.45) is 0 Å². The molecule has 2 saturated heterocycles. The van der Waals surface area contributed by atoms with Crippen LogP contribution in [0.25, 0.3) is 0 Å². The standard InChI is InChI=1S/C10H16O6/c1-3-8(11)16-9(2)14-6-10(7-15-9)12-4-5-13-10/h3-7H2,1-2H3. The molecule has 6 heteroatoms. The third-order valence-corrected chi connectivity index (χ3v) is 2.51. The first kappa shape index (κ1) is 11.8. The summed E-state index contributed by atoms with van der Waals surface area (Å²) in [6.45, 7) is 4.71. The quantitative estimate of drug-likeness (QED) is 0.642. The third kappa shape index (κ3) is 2.35. The van der Waals surface area contributed by atoms with Gasteiger partial charge in [0, 0.05) is 13.3 Å². The number of carbonyl (C=O) groups is 1. The van der Waals surface area contributed by atoms with Crippen molar-refractivity contribution in [1.29, 1.82) is 0 Å². The summed E-state index contributed by atoms with van der Waals surface area (Å²) in [5.74, 6) is -2.52. The second-order valence-corrected chi connectivity index (χ2v) is 3.87. The molecule has 0 N–H and O–H groups in total. The first-order chi connectivity index (χ1) is 7.58. The summed E-state index contributed by atoms with van der Waals surface area (Å²) in [5, 5.41) is 0. The lowest BCUT2D eigenvalue weighted by molar-refractivity contribution is -0.425. The van der Waals surface area contributed by atoms with Crippen molar-refractivity contribution in [2.45, 2.75) is 32.0 Å². The van der Waals surface area contributed by atoms with Gasteiger partial charge in [-0.15, -0.1) is 0 Å². The lowest BCUT2D eigenvalue weighted by atomic mass is 10.3. The van der Waals surface area contributed by atoms with E-state index in [1.165, 1.54) is 0 Å². The van der Waals surface area contributed by atoms with Gasteiger partial charge in [-0.3, -0.25) is 4.79 Å². The van der Waals surface area contributed by atoms with Crippen molar-refractivity contribution in [1.82, 2.24) is 0 Å². The zero-order valence-electron chi connectivity index (χ0n) is 9.49. The summed E-state index contributed by atoms with van der Waals surface area (Å²) in [5.41, 5.74) is 0. The van der Waals surface area contributed by atoms with Gasteiger partial charge in [0.2, 0.25) is 5.79 Å². The van der Waals surface area contributed by atoms with Crippen molar-refractivity contribution < 1.29 is 28.5 Å². The average Bonchev–Trinajstić information content (AvgIpc) is 2.72. The van der Waals surface area contributed by atoms with Gasteiger partial charge >= 0.3 is 11.9 Å². The Bertz CT molecular complexity index is 260. The van der Waals surface area contributed by atoms with Crippen LogP contribution in [0.2, 0.25) is 0 Å². The molecule has 0 atom stereocenters. The first-order valence-electron chi connectivity index (χ1n) is 5.35. The van der Waals surface area contributed by atoms with Crippen LogP contribution in [-0.2, 0) is 28.5 Å². The summed E-state index contributed by atoms with van der Waals surface area (Å²) in [7, 11) is 0. The van der Waals surface area contributed by atoms with Crippen molar-refractivity contribution in [2.75, 3.05) is 26.4 Å². The maximum absolute atomic E-state index is 11.2. The summed E-state index contributed by atoms with van der Waals surface area (Å²) < 4.78 is 26.5. The van der Waals surface area contributed by atoms with Gasteiger partial charge in [-0.05, 0) is 0 Å². The highest BCUT2D eigenvalue weighted by Gasteiger charge is 2.48. The Kier molecular flexibility index (Phi) is 3.16. The Morgan fingerprint density at radius 1 is 1.19 bits per heavy atom. The van der Waals surface area contributed by atoms with Gasteiger partial charge in [0.25, 0.3) is 0 Å². The summed E-state index contributed by atoms with van der Waals surface area (Å²) in [6.07, 6.45) is 0.278. The number of esters is 1. The average molecular weight is 232 g/mol. The Hall–Kier alpha value is -0.690. The van der Waals surface area contributed by atoms with E-state index in [1.807, 2.05) is 0 Å². The fraction of sp³-hybridized carbons (Fsp3) is 0.900. The molecule has 0 amide bonds. The Labute approximate surface area is 93.7 Å². The molecule has 2 aliphatic rings. The van der Waals surface area contributed by atoms with Gasteiger partial charge in [-0.25, -0.2) is 0 Å². The molecule has 0 saturated carbocycles. The van der Waals surface area contributed by atoms with Crippen LogP contribution in [0.5, 0.6) is 0 Å². The predicted octanol–water partition coefficient (Wildman–Crippen LogP) is 0.403. The van der Waals surface area contributed by atoms with Crippen molar-refractivity contribution in [3.05, 3.63) is 0 Å². The zero-order valence-corrected chi connectivity index (χ0v) is 9.49. The lowest BCUT2D eigenvalue weighted by Gasteiger charge is -2.40. The van der Waals surface area contributed by atoms with Crippen molar-refractivity contribution in [3.8, 4) is 0 Å². The molecule has 1 spiro atoms. The molecule has 0 aromatic heterocycles. The van der Waals surface area contributed by atoms with Gasteiger partial charge in [0.05, 0.1) is 13.2 Å². The number of rotatable bonds is 2. The summed E-state index contributed by atoms with van der Waals surface area (Å²) in [6, 6.07) is 0. The largest absolute Gasteiger partial charge is 0.408 e. The van der Waals surface area contributed by atoms with E-state index >= 15 is 0 Å². The van der Waals surface area contributed by atoms with Crippen LogP contribution in [0.4, 0.5) is 0 Å². The maximum Gasteiger partial charge on any atom is 0.326 e. The Morgan fingerprint density at radius 2 is 1.75 bits per heavy atom. The van der Waals surface area contributed by atoms with Gasteiger partial charge < -0.3 is 23.7 Å². The minimum atomic E-state index is -1.33. The van der Waals surface area contributed by atoms with Gasteiger partial charge in [-0.2, -0.15) is 0 Å². The van der Waals surface area contributed by atoms with Crippen molar-refractivity contribution in [3.63, 3.8) is 0 Å². The second-order valence-electron chi connectivity index (χ2n) is 3.87. The normalized spacial score (nSPS) is 26.9. The lowest BCUT2D eigenvalue weighted by Crippen LogP contribution is -2.54. The maximum atomic E-state index is 11.2. The number of hydrogen-bond donors (Lipinski definition) is 0. The zero-order chi connectivity index (χ0) is 11.6. The van der Waals surface area contributed by atoms with E-state index in [0.717, 1.165) is 0 Å². The molecule has 0 unspecified atom stereocenters. The monoisotopic (exact) mass is 232 g/mol. The molecule has 92 valence electrons. The molecular weight excluding hydrogens is 216 g/mol. The van der Waals surface area contributed by atoms with Crippen LogP contribution in [0, 0.1) is 0 Å². The molecule has 16 heavy (non-hydrogen) atoms. The van der Waals surface area contributed by atoms with E-state index in [9.17, 15) is 4.79 Å². The Morgan fingerprint density at radius 3 is 2.25 bits per heavy atom. The molecule has 0 aromatic rings. The number of carbonyl (C=O) groups excluding carboxylic acids is 1. The SMILES string of the molecule is CCC(=O)OC1(C)OCC2(CO1)OCCO2. The fourth-order valence-corrected chi connectivity index (χ4v) is 1.57. The van der Waals surface area contributed by atoms with Crippen molar-refractivity contribution >= 4 is 5.97 Å². The smallest absolute Gasteiger partial charge is 0.326 e. The van der Waals surface area contributed by atoms with Crippen LogP contribution in [-0.4, -0.2) is 44.2 Å². The molecule has 2 fully saturated rings. The minimum absolute atomic E-state index is 0.195. The van der Waals surface area contributed by atoms with Gasteiger partial charge in [0.15, 0.2) is 0 Å². The van der Waals surface area contributed by atoms with Gasteiger partial charge in [0.1, 0.15) is 13.2 Å². The van der Waals surface area contributed by atoms with Gasteiger partial charge in [-0.1, -0.05) is 6.92 Å². The highest BCUT2D eigenvalue weighted by Crippen LogP contribution is 2.30. The fourth-order valence-electron chi connectivity index (χ4n) is 1.57. The van der Waals surface area contributed by atoms with E-state index in [4.69, 9.17) is 23.7 Å². The van der Waals surface area contributed by atoms with Crippen LogP contribution in [0.3, 0.4) is 0 Å². The minimum Gasteiger partial charge on any atom is -0.408 e. The van der Waals surface area contributed by atoms with Crippen LogP contribution in [0.15, 0.2) is 0 Å². The molecule has 0 radical (unpaired) electrons. The molecular formula is C10H16O6. The summed E-state index contributed by atoms with van der Waals surface area (Å²) >= 11 is 0. The van der Waals surface area contributed by atoms with E-state index in [1.54, 1.807) is 13.8 Å². The van der Waals surface area contributed by atoms with E-state index < -0.39 is 11.8 Å². The number of ether oxygens (including phenoxy) is 5. The van der Waals surface area contributed by atoms with Crippen LogP contribution in [0.1, 0.15) is 20.3 Å². The van der Waals surface area contributed by atoms with E-state index in [-0.39, 0.29) is 25.6 Å². The highest BCUT2D eigenvalue weighted by molar-refractivity contribution is 5.69. The molecule has 2 heterocycles. The molecule has 0 aliphatic carbocycles. The summed E-state index contributed by atoms with van der Waals surface area (Å²) in [4.78, 5) is 11.2. The molecule has 6 nitrogen and oxygen atoms in total. The van der Waals surface area contributed by atoms with E-state index in [0.29, 0.717) is 13.2 Å². The topological polar surface area (TPSA) is 63.2 Å². The molecule has 2 aliphatic heterocycles. The molecule has 0 aromatic carbocycles. The Balaban J connectivity index is 1.90. The highest BCUT2D eigenvalue weighted by atomic mass is 16.9. The predicted molar refractivity (Wildman–Crippen MR) is 51.3 cm³/mol.